The van der Waals surface area contributed by atoms with Gasteiger partial charge >= 0.3 is 5.97 Å². The maximum Gasteiger partial charge on any atom is 0.337 e. The fourth-order valence-corrected chi connectivity index (χ4v) is 2.65. The van der Waals surface area contributed by atoms with Gasteiger partial charge in [0.15, 0.2) is 11.7 Å². The number of carbonyl (C=O) groups is 3. The molecule has 0 saturated heterocycles. The third-order valence-electron chi connectivity index (χ3n) is 3.99. The molecule has 0 radical (unpaired) electrons. The van der Waals surface area contributed by atoms with E-state index < -0.39 is 17.8 Å². The van der Waals surface area contributed by atoms with E-state index >= 15 is 0 Å². The number of rotatable bonds is 6. The van der Waals surface area contributed by atoms with E-state index in [1.54, 1.807) is 12.1 Å². The molecule has 2 amide bonds. The Hall–Kier alpha value is -3.46. The highest BCUT2D eigenvalue weighted by Gasteiger charge is 2.13. The van der Waals surface area contributed by atoms with Crippen LogP contribution in [-0.4, -0.2) is 36.6 Å². The van der Waals surface area contributed by atoms with Gasteiger partial charge in [-0.3, -0.25) is 25.8 Å². The molecule has 0 aliphatic heterocycles. The number of methoxy groups -OCH3 is 1. The Balaban J connectivity index is 1.82. The van der Waals surface area contributed by atoms with Gasteiger partial charge in [0.2, 0.25) is 0 Å². The molecule has 9 heteroatoms. The molecule has 0 aliphatic carbocycles. The maximum absolute atomic E-state index is 12.2. The van der Waals surface area contributed by atoms with Crippen molar-refractivity contribution >= 4 is 35.1 Å². The Kier molecular flexibility index (Phi) is 8.30. The summed E-state index contributed by atoms with van der Waals surface area (Å²) in [5.74, 6) is -0.698. The van der Waals surface area contributed by atoms with E-state index in [0.717, 1.165) is 5.56 Å². The monoisotopic (exact) mass is 429 g/mol. The molecule has 2 rings (SSSR count). The second-order valence-corrected chi connectivity index (χ2v) is 6.92. The van der Waals surface area contributed by atoms with Crippen LogP contribution < -0.4 is 20.9 Å². The van der Waals surface area contributed by atoms with Crippen molar-refractivity contribution in [3.8, 4) is 5.75 Å². The molecule has 3 N–H and O–H groups in total. The summed E-state index contributed by atoms with van der Waals surface area (Å²) in [5, 5.41) is 2.30. The van der Waals surface area contributed by atoms with Crippen molar-refractivity contribution in [1.82, 2.24) is 16.2 Å². The van der Waals surface area contributed by atoms with Gasteiger partial charge in [-0.15, -0.1) is 0 Å². The van der Waals surface area contributed by atoms with Gasteiger partial charge in [-0.1, -0.05) is 38.1 Å². The lowest BCUT2D eigenvalue weighted by Gasteiger charge is -2.14. The molecule has 8 nitrogen and oxygen atoms in total. The molecule has 0 fully saturated rings. The summed E-state index contributed by atoms with van der Waals surface area (Å²) in [5.41, 5.74) is 6.22. The lowest BCUT2D eigenvalue weighted by atomic mass is 10.0. The van der Waals surface area contributed by atoms with Crippen LogP contribution in [0, 0.1) is 0 Å². The number of thiocarbonyl (C=S) groups is 1. The predicted octanol–water partition coefficient (Wildman–Crippen LogP) is 2.31. The highest BCUT2D eigenvalue weighted by atomic mass is 32.1. The molecule has 2 aromatic carbocycles. The van der Waals surface area contributed by atoms with E-state index in [0.29, 0.717) is 5.75 Å². The predicted molar refractivity (Wildman–Crippen MR) is 115 cm³/mol. The second kappa shape index (κ2) is 10.9. The number of hydrogen-bond acceptors (Lipinski definition) is 6. The van der Waals surface area contributed by atoms with Crippen molar-refractivity contribution in [1.29, 1.82) is 0 Å². The highest BCUT2D eigenvalue weighted by molar-refractivity contribution is 7.80. The molecule has 0 aliphatic rings. The Morgan fingerprint density at radius 2 is 1.70 bits per heavy atom. The first-order chi connectivity index (χ1) is 14.3. The number of benzene rings is 2. The number of esters is 1. The number of hydrogen-bond donors (Lipinski definition) is 3. The first-order valence-corrected chi connectivity index (χ1v) is 9.53. The van der Waals surface area contributed by atoms with Gasteiger partial charge in [0.25, 0.3) is 11.8 Å². The van der Waals surface area contributed by atoms with E-state index in [1.807, 2.05) is 32.0 Å². The minimum atomic E-state index is -0.559. The number of ether oxygens (including phenoxy) is 2. The minimum absolute atomic E-state index is 0.112. The van der Waals surface area contributed by atoms with Crippen molar-refractivity contribution in [2.45, 2.75) is 19.8 Å². The molecule has 0 aromatic heterocycles. The molecule has 2 aromatic rings. The van der Waals surface area contributed by atoms with Crippen molar-refractivity contribution < 1.29 is 23.9 Å². The third-order valence-corrected chi connectivity index (χ3v) is 4.19. The minimum Gasteiger partial charge on any atom is -0.483 e. The van der Waals surface area contributed by atoms with E-state index in [2.05, 4.69) is 20.9 Å². The summed E-state index contributed by atoms with van der Waals surface area (Å²) < 4.78 is 10.2. The van der Waals surface area contributed by atoms with Crippen LogP contribution in [0.25, 0.3) is 0 Å². The van der Waals surface area contributed by atoms with Crippen LogP contribution in [-0.2, 0) is 9.53 Å². The Morgan fingerprint density at radius 3 is 2.40 bits per heavy atom. The van der Waals surface area contributed by atoms with Gasteiger partial charge < -0.3 is 9.47 Å². The Morgan fingerprint density at radius 1 is 1.00 bits per heavy atom. The average Bonchev–Trinajstić information content (AvgIpc) is 2.75. The Labute approximate surface area is 179 Å². The molecule has 0 spiro atoms. The van der Waals surface area contributed by atoms with Crippen molar-refractivity contribution in [2.75, 3.05) is 13.7 Å². The van der Waals surface area contributed by atoms with Gasteiger partial charge in [0.05, 0.1) is 12.7 Å². The molecule has 0 unspecified atom stereocenters. The maximum atomic E-state index is 12.2. The van der Waals surface area contributed by atoms with Gasteiger partial charge in [-0.2, -0.15) is 0 Å². The van der Waals surface area contributed by atoms with Crippen LogP contribution in [0.1, 0.15) is 46.0 Å². The topological polar surface area (TPSA) is 106 Å². The number of nitrogens with one attached hydrogen (secondary N) is 3. The average molecular weight is 429 g/mol. The zero-order chi connectivity index (χ0) is 22.1. The van der Waals surface area contributed by atoms with Gasteiger partial charge in [0.1, 0.15) is 5.75 Å². The first-order valence-electron chi connectivity index (χ1n) is 9.12. The summed E-state index contributed by atoms with van der Waals surface area (Å²) in [6.45, 7) is 3.84. The van der Waals surface area contributed by atoms with Crippen molar-refractivity contribution in [3.05, 3.63) is 65.2 Å². The van der Waals surface area contributed by atoms with Crippen molar-refractivity contribution in [2.24, 2.45) is 0 Å². The van der Waals surface area contributed by atoms with E-state index in [1.165, 1.54) is 25.3 Å². The molecule has 0 saturated carbocycles. The lowest BCUT2D eigenvalue weighted by molar-refractivity contribution is -0.123. The van der Waals surface area contributed by atoms with E-state index in [-0.39, 0.29) is 28.8 Å². The summed E-state index contributed by atoms with van der Waals surface area (Å²) >= 11 is 5.00. The van der Waals surface area contributed by atoms with Crippen LogP contribution in [0.3, 0.4) is 0 Å². The van der Waals surface area contributed by atoms with Crippen LogP contribution in [0.2, 0.25) is 0 Å². The fraction of sp³-hybridized carbons (Fsp3) is 0.238. The number of hydrazine groups is 1. The summed E-state index contributed by atoms with van der Waals surface area (Å²) in [4.78, 5) is 35.8. The second-order valence-electron chi connectivity index (χ2n) is 6.51. The molecular weight excluding hydrogens is 406 g/mol. The van der Waals surface area contributed by atoms with E-state index in [9.17, 15) is 14.4 Å². The fourth-order valence-electron chi connectivity index (χ4n) is 2.51. The SMILES string of the molecule is COC(=O)c1cccc(C(=O)NC(=S)NNC(=O)COc2ccccc2C(C)C)c1. The van der Waals surface area contributed by atoms with Crippen LogP contribution in [0.5, 0.6) is 5.75 Å². The molecule has 0 heterocycles. The van der Waals surface area contributed by atoms with Gasteiger partial charge in [0, 0.05) is 5.56 Å². The molecule has 158 valence electrons. The first kappa shape index (κ1) is 22.8. The largest absolute Gasteiger partial charge is 0.483 e. The van der Waals surface area contributed by atoms with Crippen LogP contribution in [0.15, 0.2) is 48.5 Å². The number of carbonyl (C=O) groups excluding carboxylic acids is 3. The summed E-state index contributed by atoms with van der Waals surface area (Å²) in [7, 11) is 1.25. The molecule has 0 atom stereocenters. The quantitative estimate of drug-likeness (QED) is 0.368. The molecule has 0 bridgehead atoms. The highest BCUT2D eigenvalue weighted by Crippen LogP contribution is 2.25. The van der Waals surface area contributed by atoms with Crippen LogP contribution >= 0.6 is 12.2 Å². The van der Waals surface area contributed by atoms with Gasteiger partial charge in [-0.05, 0) is 48.0 Å². The van der Waals surface area contributed by atoms with Crippen molar-refractivity contribution in [3.63, 3.8) is 0 Å². The number of para-hydroxylation sites is 1. The summed E-state index contributed by atoms with van der Waals surface area (Å²) in [6.07, 6.45) is 0. The third kappa shape index (κ3) is 6.56. The standard InChI is InChI=1S/C21H23N3O5S/c1-13(2)16-9-4-5-10-17(16)29-12-18(25)23-24-21(30)22-19(26)14-7-6-8-15(11-14)20(27)28-3/h4-11,13H,12H2,1-3H3,(H,23,25)(H2,22,24,26,30). The zero-order valence-corrected chi connectivity index (χ0v) is 17.7. The normalized spacial score (nSPS) is 10.1. The molecular formula is C21H23N3O5S. The Bertz CT molecular complexity index is 946. The molecule has 30 heavy (non-hydrogen) atoms. The van der Waals surface area contributed by atoms with Crippen LogP contribution in [0.4, 0.5) is 0 Å². The smallest absolute Gasteiger partial charge is 0.337 e. The van der Waals surface area contributed by atoms with E-state index in [4.69, 9.17) is 17.0 Å². The zero-order valence-electron chi connectivity index (χ0n) is 16.9. The number of amides is 2. The summed E-state index contributed by atoms with van der Waals surface area (Å²) in [6, 6.07) is 13.4. The van der Waals surface area contributed by atoms with Gasteiger partial charge in [-0.25, -0.2) is 4.79 Å². The lowest BCUT2D eigenvalue weighted by Crippen LogP contribution is -2.49.